The van der Waals surface area contributed by atoms with Gasteiger partial charge in [0.2, 0.25) is 5.69 Å². The van der Waals surface area contributed by atoms with Gasteiger partial charge in [-0.3, -0.25) is 0 Å². The minimum Gasteiger partial charge on any atom is -0.466 e. The van der Waals surface area contributed by atoms with E-state index in [2.05, 4.69) is 10.3 Å². The van der Waals surface area contributed by atoms with E-state index in [1.165, 1.54) is 45.6 Å². The highest BCUT2D eigenvalue weighted by Gasteiger charge is 2.51. The Morgan fingerprint density at radius 1 is 1.25 bits per heavy atom. The number of nitriles is 1. The molecule has 1 aromatic rings. The number of nitrogens with zero attached hydrogens (tertiary/aromatic N) is 2. The van der Waals surface area contributed by atoms with Crippen LogP contribution in [0, 0.1) is 29.1 Å². The van der Waals surface area contributed by atoms with Crippen LogP contribution < -0.4 is 10.1 Å². The van der Waals surface area contributed by atoms with E-state index in [4.69, 9.17) is 14.4 Å². The molecule has 5 nitrogen and oxygen atoms in total. The van der Waals surface area contributed by atoms with Gasteiger partial charge in [0, 0.05) is 5.54 Å². The van der Waals surface area contributed by atoms with Crippen LogP contribution in [0.1, 0.15) is 44.2 Å². The summed E-state index contributed by atoms with van der Waals surface area (Å²) in [6.45, 7) is 0. The average molecular weight is 273 g/mol. The van der Waals surface area contributed by atoms with Crippen molar-refractivity contribution in [2.24, 2.45) is 17.8 Å². The summed E-state index contributed by atoms with van der Waals surface area (Å²) in [5.74, 6) is 2.79. The molecule has 1 heterocycles. The molecule has 1 aromatic heterocycles. The van der Waals surface area contributed by atoms with Crippen LogP contribution in [0.3, 0.4) is 0 Å². The minimum absolute atomic E-state index is 0.136. The van der Waals surface area contributed by atoms with Crippen molar-refractivity contribution in [3.63, 3.8) is 0 Å². The molecule has 0 atom stereocenters. The second-order valence-corrected chi connectivity index (χ2v) is 6.79. The van der Waals surface area contributed by atoms with E-state index < -0.39 is 0 Å². The zero-order valence-electron chi connectivity index (χ0n) is 11.7. The highest BCUT2D eigenvalue weighted by Crippen LogP contribution is 2.56. The van der Waals surface area contributed by atoms with Crippen LogP contribution in [0.5, 0.6) is 5.95 Å². The fourth-order valence-corrected chi connectivity index (χ4v) is 5.06. The van der Waals surface area contributed by atoms with Crippen molar-refractivity contribution < 1.29 is 9.15 Å². The predicted molar refractivity (Wildman–Crippen MR) is 72.3 cm³/mol. The number of hydrogen-bond acceptors (Lipinski definition) is 5. The van der Waals surface area contributed by atoms with Gasteiger partial charge in [-0.15, -0.1) is 0 Å². The number of rotatable bonds is 3. The highest BCUT2D eigenvalue weighted by atomic mass is 16.6. The standard InChI is InChI=1S/C15H19N3O2/c1-19-13-12(8-16)17-14(20-13)18-15-5-9-2-10(6-15)4-11(3-9)7-15/h9-11H,2-7H2,1H3,(H,17,18). The van der Waals surface area contributed by atoms with Crippen molar-refractivity contribution >= 4 is 6.01 Å². The number of anilines is 1. The minimum atomic E-state index is 0.136. The van der Waals surface area contributed by atoms with Gasteiger partial charge in [-0.05, 0) is 56.3 Å². The van der Waals surface area contributed by atoms with E-state index in [1.807, 2.05) is 6.07 Å². The molecule has 4 saturated carbocycles. The normalized spacial score (nSPS) is 37.7. The van der Waals surface area contributed by atoms with Crippen molar-refractivity contribution in [2.45, 2.75) is 44.1 Å². The molecule has 1 N–H and O–H groups in total. The van der Waals surface area contributed by atoms with Crippen LogP contribution in [0.25, 0.3) is 0 Å². The Labute approximate surface area is 118 Å². The average Bonchev–Trinajstić information content (AvgIpc) is 2.78. The Kier molecular flexibility index (Phi) is 2.50. The summed E-state index contributed by atoms with van der Waals surface area (Å²) in [6.07, 6.45) is 7.85. The molecule has 0 amide bonds. The Bertz CT molecular complexity index is 537. The Morgan fingerprint density at radius 3 is 2.30 bits per heavy atom. The first kappa shape index (κ1) is 12.1. The first-order valence-corrected chi connectivity index (χ1v) is 7.43. The molecule has 0 spiro atoms. The van der Waals surface area contributed by atoms with Gasteiger partial charge in [-0.1, -0.05) is 0 Å². The lowest BCUT2D eigenvalue weighted by atomic mass is 9.53. The summed E-state index contributed by atoms with van der Waals surface area (Å²) < 4.78 is 10.6. The van der Waals surface area contributed by atoms with Gasteiger partial charge in [0.25, 0.3) is 6.01 Å². The van der Waals surface area contributed by atoms with Crippen LogP contribution in [-0.4, -0.2) is 17.6 Å². The number of methoxy groups -OCH3 is 1. The van der Waals surface area contributed by atoms with Crippen LogP contribution in [-0.2, 0) is 0 Å². The number of hydrogen-bond donors (Lipinski definition) is 1. The van der Waals surface area contributed by atoms with Gasteiger partial charge >= 0.3 is 5.95 Å². The molecule has 0 radical (unpaired) electrons. The van der Waals surface area contributed by atoms with E-state index >= 15 is 0 Å². The molecular weight excluding hydrogens is 254 g/mol. The number of nitrogens with one attached hydrogen (secondary N) is 1. The van der Waals surface area contributed by atoms with Crippen LogP contribution >= 0.6 is 0 Å². The van der Waals surface area contributed by atoms with Gasteiger partial charge in [0.1, 0.15) is 6.07 Å². The van der Waals surface area contributed by atoms with Crippen molar-refractivity contribution in [1.82, 2.24) is 4.98 Å². The molecule has 5 rings (SSSR count). The molecule has 106 valence electrons. The second-order valence-electron chi connectivity index (χ2n) is 6.79. The highest BCUT2D eigenvalue weighted by molar-refractivity contribution is 5.39. The molecular formula is C15H19N3O2. The van der Waals surface area contributed by atoms with Crippen molar-refractivity contribution in [3.05, 3.63) is 5.69 Å². The molecule has 0 saturated heterocycles. The molecule has 4 bridgehead atoms. The second kappa shape index (κ2) is 4.15. The van der Waals surface area contributed by atoms with E-state index in [9.17, 15) is 0 Å². The van der Waals surface area contributed by atoms with Crippen LogP contribution in [0.2, 0.25) is 0 Å². The van der Waals surface area contributed by atoms with Gasteiger partial charge in [0.05, 0.1) is 7.11 Å². The lowest BCUT2D eigenvalue weighted by molar-refractivity contribution is 0.00953. The summed E-state index contributed by atoms with van der Waals surface area (Å²) in [4.78, 5) is 4.21. The zero-order chi connectivity index (χ0) is 13.7. The molecule has 20 heavy (non-hydrogen) atoms. The van der Waals surface area contributed by atoms with E-state index in [0.29, 0.717) is 6.01 Å². The molecule has 0 aliphatic heterocycles. The third kappa shape index (κ3) is 1.78. The lowest BCUT2D eigenvalue weighted by Gasteiger charge is -2.56. The lowest BCUT2D eigenvalue weighted by Crippen LogP contribution is -2.54. The quantitative estimate of drug-likeness (QED) is 0.916. The van der Waals surface area contributed by atoms with Gasteiger partial charge in [-0.2, -0.15) is 10.2 Å². The summed E-state index contributed by atoms with van der Waals surface area (Å²) in [7, 11) is 1.50. The molecule has 4 aliphatic carbocycles. The van der Waals surface area contributed by atoms with E-state index in [-0.39, 0.29) is 17.2 Å². The maximum Gasteiger partial charge on any atom is 0.325 e. The largest absolute Gasteiger partial charge is 0.466 e. The third-order valence-corrected chi connectivity index (χ3v) is 5.30. The number of ether oxygens (including phenoxy) is 1. The first-order valence-electron chi connectivity index (χ1n) is 7.43. The number of aromatic nitrogens is 1. The summed E-state index contributed by atoms with van der Waals surface area (Å²) in [5, 5.41) is 12.5. The van der Waals surface area contributed by atoms with E-state index in [1.54, 1.807) is 0 Å². The van der Waals surface area contributed by atoms with Crippen LogP contribution in [0.4, 0.5) is 6.01 Å². The Balaban J connectivity index is 1.60. The SMILES string of the molecule is COc1oc(NC23CC4CC(CC(C4)C2)C3)nc1C#N. The number of oxazole rings is 1. The van der Waals surface area contributed by atoms with E-state index in [0.717, 1.165) is 17.8 Å². The van der Waals surface area contributed by atoms with Crippen molar-refractivity contribution in [2.75, 3.05) is 12.4 Å². The topological polar surface area (TPSA) is 71.1 Å². The summed E-state index contributed by atoms with van der Waals surface area (Å²) in [5.41, 5.74) is 0.358. The Hall–Kier alpha value is -1.70. The zero-order valence-corrected chi connectivity index (χ0v) is 11.7. The maximum absolute atomic E-state index is 9.01. The summed E-state index contributed by atoms with van der Waals surface area (Å²) >= 11 is 0. The van der Waals surface area contributed by atoms with Crippen molar-refractivity contribution in [3.8, 4) is 12.0 Å². The van der Waals surface area contributed by atoms with Crippen LogP contribution in [0.15, 0.2) is 4.42 Å². The fourth-order valence-electron chi connectivity index (χ4n) is 5.06. The van der Waals surface area contributed by atoms with Gasteiger partial charge in [0.15, 0.2) is 0 Å². The third-order valence-electron chi connectivity index (χ3n) is 5.30. The van der Waals surface area contributed by atoms with Gasteiger partial charge in [-0.25, -0.2) is 0 Å². The predicted octanol–water partition coefficient (Wildman–Crippen LogP) is 2.94. The first-order chi connectivity index (χ1) is 9.69. The van der Waals surface area contributed by atoms with Gasteiger partial charge < -0.3 is 14.5 Å². The van der Waals surface area contributed by atoms with Crippen molar-refractivity contribution in [1.29, 1.82) is 5.26 Å². The molecule has 4 aliphatic rings. The molecule has 5 heteroatoms. The monoisotopic (exact) mass is 273 g/mol. The smallest absolute Gasteiger partial charge is 0.325 e. The fraction of sp³-hybridized carbons (Fsp3) is 0.733. The summed E-state index contributed by atoms with van der Waals surface area (Å²) in [6, 6.07) is 2.45. The molecule has 0 unspecified atom stereocenters. The maximum atomic E-state index is 9.01. The molecule has 4 fully saturated rings. The molecule has 0 aromatic carbocycles. The Morgan fingerprint density at radius 2 is 1.85 bits per heavy atom.